The smallest absolute Gasteiger partial charge is 0.262 e. The number of benzene rings is 1. The number of ether oxygens (including phenoxy) is 1. The van der Waals surface area contributed by atoms with Crippen molar-refractivity contribution in [3.63, 3.8) is 0 Å². The van der Waals surface area contributed by atoms with Gasteiger partial charge in [-0.25, -0.2) is 8.42 Å². The van der Waals surface area contributed by atoms with Gasteiger partial charge in [0, 0.05) is 29.7 Å². The first-order valence-corrected chi connectivity index (χ1v) is 12.7. The summed E-state index contributed by atoms with van der Waals surface area (Å²) in [5.74, 6) is 0.460. The molecule has 9 heteroatoms. The highest BCUT2D eigenvalue weighted by molar-refractivity contribution is 7.85. The Bertz CT molecular complexity index is 1250. The lowest BCUT2D eigenvalue weighted by Gasteiger charge is -2.05. The van der Waals surface area contributed by atoms with Gasteiger partial charge in [-0.1, -0.05) is 11.3 Å². The summed E-state index contributed by atoms with van der Waals surface area (Å²) in [4.78, 5) is 0. The summed E-state index contributed by atoms with van der Waals surface area (Å²) in [6, 6.07) is 6.10. The number of rotatable bonds is 7. The number of nitrogens with zero attached hydrogens (tertiary/aromatic N) is 1. The number of thiophene rings is 2. The fourth-order valence-electron chi connectivity index (χ4n) is 3.13. The molecule has 0 amide bonds. The van der Waals surface area contributed by atoms with E-state index < -0.39 is 10.1 Å². The van der Waals surface area contributed by atoms with Crippen molar-refractivity contribution in [3.05, 3.63) is 44.9 Å². The molecule has 0 atom stereocenters. The van der Waals surface area contributed by atoms with Gasteiger partial charge in [-0.05, 0) is 39.9 Å². The van der Waals surface area contributed by atoms with Gasteiger partial charge >= 0.3 is 0 Å². The van der Waals surface area contributed by atoms with Crippen LogP contribution in [0.1, 0.15) is 17.0 Å². The second-order valence-electron chi connectivity index (χ2n) is 6.19. The number of thiazole rings is 1. The molecule has 0 aliphatic carbocycles. The van der Waals surface area contributed by atoms with Gasteiger partial charge in [0.1, 0.15) is 15.1 Å². The van der Waals surface area contributed by atoms with Crippen LogP contribution in [0.2, 0.25) is 0 Å². The predicted octanol–water partition coefficient (Wildman–Crippen LogP) is 4.58. The first-order valence-electron chi connectivity index (χ1n) is 8.50. The lowest BCUT2D eigenvalue weighted by Crippen LogP contribution is -2.36. The molecule has 28 heavy (non-hydrogen) atoms. The van der Waals surface area contributed by atoms with Crippen LogP contribution in [0.5, 0.6) is 5.75 Å². The zero-order chi connectivity index (χ0) is 19.7. The number of hydrogen-bond donors (Lipinski definition) is 0. The van der Waals surface area contributed by atoms with Gasteiger partial charge in [0.05, 0.1) is 17.2 Å². The number of aromatic nitrogens is 1. The minimum Gasteiger partial charge on any atom is -0.748 e. The minimum absolute atomic E-state index is 0.278. The van der Waals surface area contributed by atoms with Crippen LogP contribution >= 0.6 is 34.0 Å². The summed E-state index contributed by atoms with van der Waals surface area (Å²) in [5.41, 5.74) is 2.18. The number of hydrogen-bond acceptors (Lipinski definition) is 7. The highest BCUT2D eigenvalue weighted by atomic mass is 32.2. The summed E-state index contributed by atoms with van der Waals surface area (Å²) in [6.45, 7) is 0.462. The van der Waals surface area contributed by atoms with E-state index in [9.17, 15) is 13.0 Å². The standard InChI is InChI=1S/C19H17NO4S4/c1-24-15-11-16-18(19-14(15)6-9-26-19)20(7-2-10-28(21,22)23)17(27-16)4-3-13-5-8-25-12-13/h3-6,8-9,11-12H,2,7,10H2,1H3/b4-3+. The van der Waals surface area contributed by atoms with Crippen molar-refractivity contribution in [2.45, 2.75) is 13.0 Å². The van der Waals surface area contributed by atoms with Crippen LogP contribution in [-0.4, -0.2) is 25.8 Å². The fourth-order valence-corrected chi connectivity index (χ4v) is 6.40. The maximum absolute atomic E-state index is 11.1. The maximum Gasteiger partial charge on any atom is 0.262 e. The third-order valence-electron chi connectivity index (χ3n) is 4.35. The molecule has 0 radical (unpaired) electrons. The molecule has 0 N–H and O–H groups in total. The fraction of sp³-hybridized carbons (Fsp3) is 0.211. The van der Waals surface area contributed by atoms with E-state index in [0.29, 0.717) is 6.54 Å². The molecule has 0 fully saturated rings. The molecule has 3 aromatic heterocycles. The maximum atomic E-state index is 11.1. The average Bonchev–Trinajstić information content (AvgIpc) is 3.37. The summed E-state index contributed by atoms with van der Waals surface area (Å²) < 4.78 is 43.0. The molecule has 0 bridgehead atoms. The van der Waals surface area contributed by atoms with Crippen molar-refractivity contribution in [1.82, 2.24) is 0 Å². The van der Waals surface area contributed by atoms with Crippen LogP contribution in [0.3, 0.4) is 0 Å². The van der Waals surface area contributed by atoms with E-state index in [1.807, 2.05) is 41.1 Å². The Morgan fingerprint density at radius 3 is 2.82 bits per heavy atom. The van der Waals surface area contributed by atoms with Crippen LogP contribution in [0.25, 0.3) is 32.5 Å². The molecular weight excluding hydrogens is 434 g/mol. The zero-order valence-corrected chi connectivity index (χ0v) is 18.2. The van der Waals surface area contributed by atoms with Crippen LogP contribution in [0.15, 0.2) is 34.3 Å². The quantitative estimate of drug-likeness (QED) is 0.305. The minimum atomic E-state index is -4.23. The van der Waals surface area contributed by atoms with Gasteiger partial charge in [-0.15, -0.1) is 11.3 Å². The van der Waals surface area contributed by atoms with E-state index in [0.717, 1.165) is 36.6 Å². The second kappa shape index (κ2) is 7.92. The van der Waals surface area contributed by atoms with Gasteiger partial charge < -0.3 is 9.29 Å². The Morgan fingerprint density at radius 1 is 1.25 bits per heavy atom. The van der Waals surface area contributed by atoms with Crippen LogP contribution in [0, 0.1) is 0 Å². The van der Waals surface area contributed by atoms with Crippen LogP contribution < -0.4 is 9.30 Å². The number of methoxy groups -OCH3 is 1. The molecular formula is C19H17NO4S4. The average molecular weight is 452 g/mol. The van der Waals surface area contributed by atoms with Crippen molar-refractivity contribution in [2.24, 2.45) is 0 Å². The molecule has 5 nitrogen and oxygen atoms in total. The second-order valence-corrected chi connectivity index (χ2v) is 10.5. The van der Waals surface area contributed by atoms with E-state index in [4.69, 9.17) is 4.74 Å². The number of aryl methyl sites for hydroxylation is 1. The predicted molar refractivity (Wildman–Crippen MR) is 116 cm³/mol. The third-order valence-corrected chi connectivity index (χ3v) is 7.86. The van der Waals surface area contributed by atoms with Crippen molar-refractivity contribution in [1.29, 1.82) is 0 Å². The molecule has 0 unspecified atom stereocenters. The molecule has 3 heterocycles. The van der Waals surface area contributed by atoms with E-state index in [2.05, 4.69) is 9.95 Å². The molecule has 146 valence electrons. The molecule has 0 saturated heterocycles. The van der Waals surface area contributed by atoms with Crippen LogP contribution in [-0.2, 0) is 16.7 Å². The lowest BCUT2D eigenvalue weighted by molar-refractivity contribution is -0.667. The van der Waals surface area contributed by atoms with Gasteiger partial charge in [0.25, 0.3) is 5.01 Å². The SMILES string of the molecule is COc1cc2sc(/C=C/c3ccsc3)[n+](CCCS(=O)(=O)[O-])c2c2sccc12. The largest absolute Gasteiger partial charge is 0.748 e. The highest BCUT2D eigenvalue weighted by Gasteiger charge is 2.24. The molecule has 4 aromatic rings. The van der Waals surface area contributed by atoms with E-state index >= 15 is 0 Å². The van der Waals surface area contributed by atoms with Crippen molar-refractivity contribution in [3.8, 4) is 5.75 Å². The van der Waals surface area contributed by atoms with E-state index in [1.54, 1.807) is 41.1 Å². The first kappa shape index (κ1) is 19.5. The van der Waals surface area contributed by atoms with Crippen molar-refractivity contribution < 1.29 is 22.3 Å². The Kier molecular flexibility index (Phi) is 5.52. The van der Waals surface area contributed by atoms with Gasteiger partial charge in [-0.2, -0.15) is 15.9 Å². The summed E-state index contributed by atoms with van der Waals surface area (Å²) in [5, 5.41) is 8.16. The van der Waals surface area contributed by atoms with E-state index in [-0.39, 0.29) is 12.2 Å². The van der Waals surface area contributed by atoms with Gasteiger partial charge in [-0.3, -0.25) is 0 Å². The van der Waals surface area contributed by atoms with Crippen LogP contribution in [0.4, 0.5) is 0 Å². The molecule has 0 aliphatic rings. The monoisotopic (exact) mass is 451 g/mol. The molecule has 1 aromatic carbocycles. The Labute approximate surface area is 174 Å². The zero-order valence-electron chi connectivity index (χ0n) is 15.0. The molecule has 4 rings (SSSR count). The highest BCUT2D eigenvalue weighted by Crippen LogP contribution is 2.38. The molecule has 0 spiro atoms. The van der Waals surface area contributed by atoms with E-state index in [1.165, 1.54) is 0 Å². The van der Waals surface area contributed by atoms with Gasteiger partial charge in [0.15, 0.2) is 6.54 Å². The third kappa shape index (κ3) is 3.99. The Hall–Kier alpha value is -1.78. The molecule has 0 saturated carbocycles. The Morgan fingerprint density at radius 2 is 2.11 bits per heavy atom. The van der Waals surface area contributed by atoms with Crippen molar-refractivity contribution >= 4 is 76.6 Å². The summed E-state index contributed by atoms with van der Waals surface area (Å²) in [7, 11) is -2.56. The Balaban J connectivity index is 1.85. The summed E-state index contributed by atoms with van der Waals surface area (Å²) in [6.07, 6.45) is 4.37. The van der Waals surface area contributed by atoms with Gasteiger partial charge in [0.2, 0.25) is 5.52 Å². The van der Waals surface area contributed by atoms with Crippen molar-refractivity contribution in [2.75, 3.05) is 12.9 Å². The lowest BCUT2D eigenvalue weighted by atomic mass is 10.2. The number of fused-ring (bicyclic) bond motifs is 3. The summed E-state index contributed by atoms with van der Waals surface area (Å²) >= 11 is 4.90. The first-order chi connectivity index (χ1) is 13.5. The molecule has 0 aliphatic heterocycles. The topological polar surface area (TPSA) is 70.3 Å². The normalized spacial score (nSPS) is 12.5.